The molecular weight excluding hydrogens is 475 g/mol. The fourth-order valence-corrected chi connectivity index (χ4v) is 5.38. The van der Waals surface area contributed by atoms with Gasteiger partial charge in [0.1, 0.15) is 35.5 Å². The van der Waals surface area contributed by atoms with Crippen molar-refractivity contribution >= 4 is 17.3 Å². The number of anilines is 2. The quantitative estimate of drug-likeness (QED) is 0.553. The summed E-state index contributed by atoms with van der Waals surface area (Å²) in [6.07, 6.45) is 3.91. The molecule has 5 rings (SSSR count). The molecule has 0 aliphatic carbocycles. The third-order valence-electron chi connectivity index (χ3n) is 7.52. The Morgan fingerprint density at radius 2 is 2.22 bits per heavy atom. The molecule has 3 aliphatic heterocycles. The molecule has 2 fully saturated rings. The van der Waals surface area contributed by atoms with Gasteiger partial charge in [-0.15, -0.1) is 0 Å². The Kier molecular flexibility index (Phi) is 6.89. The molecule has 3 aliphatic rings. The van der Waals surface area contributed by atoms with Crippen molar-refractivity contribution in [2.24, 2.45) is 0 Å². The molecule has 1 aromatic carbocycles. The molecule has 0 radical (unpaired) electrons. The number of benzene rings is 1. The zero-order valence-electron chi connectivity index (χ0n) is 20.9. The number of carbonyl (C=O) groups is 1. The number of hydrogen-bond donors (Lipinski definition) is 2. The van der Waals surface area contributed by atoms with Crippen molar-refractivity contribution in [1.29, 1.82) is 5.26 Å². The van der Waals surface area contributed by atoms with E-state index in [9.17, 15) is 19.6 Å². The number of ether oxygens (including phenoxy) is 1. The standard InChI is InChI=1S/C27H31FN6O3/c1-3-24(36)34-13-17(14-34)30-25-19-9-11-33(26-21(28)7-4-8-23(26)35)15-22(19)31-27(20(25)12-29)37-16-18-6-5-10-32(18)2/h3-4,7-8,17-18,35H,1,5-6,9-11,13-16H2,2H3,(H,30,31)/t18-/m0/s1. The average molecular weight is 507 g/mol. The summed E-state index contributed by atoms with van der Waals surface area (Å²) < 4.78 is 20.8. The minimum Gasteiger partial charge on any atom is -0.506 e. The van der Waals surface area contributed by atoms with E-state index >= 15 is 0 Å². The van der Waals surface area contributed by atoms with Gasteiger partial charge in [0.15, 0.2) is 0 Å². The highest BCUT2D eigenvalue weighted by Gasteiger charge is 2.34. The maximum atomic E-state index is 14.6. The number of aromatic nitrogens is 1. The lowest BCUT2D eigenvalue weighted by Crippen LogP contribution is -2.56. The maximum Gasteiger partial charge on any atom is 0.246 e. The van der Waals surface area contributed by atoms with Crippen molar-refractivity contribution < 1.29 is 19.0 Å². The van der Waals surface area contributed by atoms with Crippen molar-refractivity contribution in [1.82, 2.24) is 14.8 Å². The van der Waals surface area contributed by atoms with Crippen LogP contribution in [-0.4, -0.2) is 77.7 Å². The summed E-state index contributed by atoms with van der Waals surface area (Å²) in [5, 5.41) is 23.9. The van der Waals surface area contributed by atoms with Crippen LogP contribution in [0.5, 0.6) is 11.6 Å². The minimum absolute atomic E-state index is 0.0232. The number of nitrogens with zero attached hydrogens (tertiary/aromatic N) is 5. The number of likely N-dealkylation sites (tertiary alicyclic amines) is 2. The number of hydrogen-bond acceptors (Lipinski definition) is 8. The van der Waals surface area contributed by atoms with Crippen LogP contribution < -0.4 is 15.0 Å². The predicted molar refractivity (Wildman–Crippen MR) is 137 cm³/mol. The fraction of sp³-hybridized carbons (Fsp3) is 0.444. The highest BCUT2D eigenvalue weighted by molar-refractivity contribution is 5.88. The number of phenols is 1. The molecule has 1 aromatic heterocycles. The third kappa shape index (κ3) is 4.79. The molecule has 2 N–H and O–H groups in total. The SMILES string of the molecule is C=CC(=O)N1CC(Nc2c(C#N)c(OC[C@@H]3CCCN3C)nc3c2CCN(c2c(O)cccc2F)C3)C1. The van der Waals surface area contributed by atoms with E-state index in [2.05, 4.69) is 29.9 Å². The molecule has 37 heavy (non-hydrogen) atoms. The first kappa shape index (κ1) is 24.8. The van der Waals surface area contributed by atoms with E-state index < -0.39 is 5.82 Å². The normalized spacial score (nSPS) is 19.6. The molecule has 10 heteroatoms. The van der Waals surface area contributed by atoms with Crippen LogP contribution in [0.3, 0.4) is 0 Å². The van der Waals surface area contributed by atoms with Gasteiger partial charge >= 0.3 is 0 Å². The lowest BCUT2D eigenvalue weighted by molar-refractivity contribution is -0.129. The van der Waals surface area contributed by atoms with Crippen LogP contribution in [0.2, 0.25) is 0 Å². The largest absolute Gasteiger partial charge is 0.506 e. The molecule has 2 aromatic rings. The Morgan fingerprint density at radius 3 is 2.89 bits per heavy atom. The number of likely N-dealkylation sites (N-methyl/N-ethyl adjacent to an activating group) is 1. The van der Waals surface area contributed by atoms with Crippen LogP contribution in [0.1, 0.15) is 29.7 Å². The van der Waals surface area contributed by atoms with Gasteiger partial charge in [-0.25, -0.2) is 9.37 Å². The molecule has 1 atom stereocenters. The van der Waals surface area contributed by atoms with Crippen molar-refractivity contribution in [2.45, 2.75) is 37.9 Å². The zero-order valence-corrected chi connectivity index (χ0v) is 20.9. The van der Waals surface area contributed by atoms with Gasteiger partial charge in [0.2, 0.25) is 11.8 Å². The Labute approximate surface area is 215 Å². The van der Waals surface area contributed by atoms with Crippen LogP contribution in [0.25, 0.3) is 0 Å². The van der Waals surface area contributed by atoms with Crippen molar-refractivity contribution in [3.8, 4) is 17.7 Å². The van der Waals surface area contributed by atoms with Crippen LogP contribution in [-0.2, 0) is 17.8 Å². The van der Waals surface area contributed by atoms with E-state index in [4.69, 9.17) is 9.72 Å². The minimum atomic E-state index is -0.502. The maximum absolute atomic E-state index is 14.6. The summed E-state index contributed by atoms with van der Waals surface area (Å²) in [4.78, 5) is 22.3. The number of rotatable bonds is 7. The third-order valence-corrected chi connectivity index (χ3v) is 7.52. The second kappa shape index (κ2) is 10.3. The zero-order chi connectivity index (χ0) is 26.1. The lowest BCUT2D eigenvalue weighted by Gasteiger charge is -2.40. The Morgan fingerprint density at radius 1 is 1.41 bits per heavy atom. The van der Waals surface area contributed by atoms with Crippen molar-refractivity contribution in [3.63, 3.8) is 0 Å². The fourth-order valence-electron chi connectivity index (χ4n) is 5.38. The first-order valence-electron chi connectivity index (χ1n) is 12.6. The number of aromatic hydroxyl groups is 1. The van der Waals surface area contributed by atoms with Gasteiger partial charge in [0.25, 0.3) is 0 Å². The number of amides is 1. The van der Waals surface area contributed by atoms with Gasteiger partial charge < -0.3 is 29.9 Å². The highest BCUT2D eigenvalue weighted by Crippen LogP contribution is 2.38. The summed E-state index contributed by atoms with van der Waals surface area (Å²) in [5.74, 6) is -0.502. The van der Waals surface area contributed by atoms with Crippen molar-refractivity contribution in [2.75, 3.05) is 50.1 Å². The molecule has 194 valence electrons. The van der Waals surface area contributed by atoms with E-state index in [1.807, 2.05) is 0 Å². The number of pyridine rings is 1. The topological polar surface area (TPSA) is 105 Å². The number of nitriles is 1. The van der Waals surface area contributed by atoms with Crippen molar-refractivity contribution in [3.05, 3.63) is 53.5 Å². The number of nitrogens with one attached hydrogen (secondary N) is 1. The number of phenolic OH excluding ortho intramolecular Hbond substituents is 1. The van der Waals surface area contributed by atoms with Gasteiger partial charge in [-0.1, -0.05) is 12.6 Å². The summed E-state index contributed by atoms with van der Waals surface area (Å²) in [6.45, 7) is 6.68. The number of fused-ring (bicyclic) bond motifs is 1. The van der Waals surface area contributed by atoms with Gasteiger partial charge in [-0.2, -0.15) is 5.26 Å². The Balaban J connectivity index is 1.46. The molecule has 2 saturated heterocycles. The van der Waals surface area contributed by atoms with E-state index in [-0.39, 0.29) is 41.9 Å². The molecule has 0 bridgehead atoms. The smallest absolute Gasteiger partial charge is 0.246 e. The van der Waals surface area contributed by atoms with Crippen LogP contribution >= 0.6 is 0 Å². The van der Waals surface area contributed by atoms with Gasteiger partial charge in [-0.05, 0) is 51.1 Å². The first-order chi connectivity index (χ1) is 17.9. The molecule has 1 amide bonds. The van der Waals surface area contributed by atoms with Gasteiger partial charge in [0, 0.05) is 31.2 Å². The van der Waals surface area contributed by atoms with E-state index in [0.717, 1.165) is 24.9 Å². The molecule has 0 spiro atoms. The number of halogens is 1. The summed E-state index contributed by atoms with van der Waals surface area (Å²) in [7, 11) is 2.06. The second-order valence-electron chi connectivity index (χ2n) is 9.86. The summed E-state index contributed by atoms with van der Waals surface area (Å²) in [5.41, 5.74) is 2.69. The molecule has 9 nitrogen and oxygen atoms in total. The molecule has 0 saturated carbocycles. The Hall–Kier alpha value is -3.84. The lowest BCUT2D eigenvalue weighted by atomic mass is 9.97. The van der Waals surface area contributed by atoms with Crippen LogP contribution in [0.15, 0.2) is 30.9 Å². The van der Waals surface area contributed by atoms with E-state index in [0.29, 0.717) is 49.6 Å². The predicted octanol–water partition coefficient (Wildman–Crippen LogP) is 2.64. The van der Waals surface area contributed by atoms with Gasteiger partial charge in [0.05, 0.1) is 24.0 Å². The molecule has 0 unspecified atom stereocenters. The summed E-state index contributed by atoms with van der Waals surface area (Å²) >= 11 is 0. The second-order valence-corrected chi connectivity index (χ2v) is 9.86. The van der Waals surface area contributed by atoms with Gasteiger partial charge in [-0.3, -0.25) is 4.79 Å². The highest BCUT2D eigenvalue weighted by atomic mass is 19.1. The van der Waals surface area contributed by atoms with Crippen LogP contribution in [0.4, 0.5) is 15.8 Å². The summed E-state index contributed by atoms with van der Waals surface area (Å²) in [6, 6.07) is 6.77. The first-order valence-corrected chi connectivity index (χ1v) is 12.6. The number of para-hydroxylation sites is 1. The molecular formula is C27H31FN6O3. The Bertz CT molecular complexity index is 1240. The number of carbonyl (C=O) groups excluding carboxylic acids is 1. The molecule has 4 heterocycles. The monoisotopic (exact) mass is 506 g/mol. The van der Waals surface area contributed by atoms with E-state index in [1.165, 1.54) is 24.3 Å². The average Bonchev–Trinajstić information content (AvgIpc) is 3.28. The van der Waals surface area contributed by atoms with Crippen LogP contribution in [0, 0.1) is 17.1 Å². The van der Waals surface area contributed by atoms with E-state index in [1.54, 1.807) is 9.80 Å².